The summed E-state index contributed by atoms with van der Waals surface area (Å²) in [5.41, 5.74) is 6.91. The van der Waals surface area contributed by atoms with Crippen molar-refractivity contribution in [3.8, 4) is 22.8 Å². The van der Waals surface area contributed by atoms with Crippen LogP contribution in [-0.4, -0.2) is 5.54 Å². The van der Waals surface area contributed by atoms with Crippen LogP contribution in [0.4, 0.5) is 0 Å². The summed E-state index contributed by atoms with van der Waals surface area (Å²) in [5.74, 6) is 2.44. The summed E-state index contributed by atoms with van der Waals surface area (Å²) in [6.07, 6.45) is 3.79. The molecular formula is C27H31N2O+. The molecule has 3 heteroatoms. The van der Waals surface area contributed by atoms with E-state index in [1.807, 2.05) is 13.8 Å². The summed E-state index contributed by atoms with van der Waals surface area (Å²) in [7, 11) is 2.08. The highest BCUT2D eigenvalue weighted by molar-refractivity contribution is 6.05. The van der Waals surface area contributed by atoms with Gasteiger partial charge in [0.05, 0.1) is 12.0 Å². The summed E-state index contributed by atoms with van der Waals surface area (Å²) >= 11 is 0. The quantitative estimate of drug-likeness (QED) is 0.283. The van der Waals surface area contributed by atoms with E-state index in [4.69, 9.17) is 11.3 Å². The lowest BCUT2D eigenvalue weighted by Crippen LogP contribution is -2.33. The van der Waals surface area contributed by atoms with Crippen molar-refractivity contribution in [2.75, 3.05) is 0 Å². The molecule has 1 aromatic heterocycles. The van der Waals surface area contributed by atoms with Gasteiger partial charge in [0.2, 0.25) is 11.3 Å². The predicted octanol–water partition coefficient (Wildman–Crippen LogP) is 6.49. The number of ether oxygens (including phenoxy) is 1. The largest absolute Gasteiger partial charge is 0.449 e. The molecule has 0 amide bonds. The number of aryl methyl sites for hydroxylation is 2. The molecule has 0 spiro atoms. The van der Waals surface area contributed by atoms with Gasteiger partial charge in [0.1, 0.15) is 12.8 Å². The molecule has 0 saturated carbocycles. The van der Waals surface area contributed by atoms with Gasteiger partial charge in [0, 0.05) is 30.9 Å². The molecule has 0 aliphatic carbocycles. The van der Waals surface area contributed by atoms with Gasteiger partial charge in [-0.2, -0.15) is 4.57 Å². The number of hydrogen-bond acceptors (Lipinski definition) is 1. The smallest absolute Gasteiger partial charge is 0.256 e. The maximum atomic E-state index is 7.58. The van der Waals surface area contributed by atoms with Crippen LogP contribution in [0.5, 0.6) is 11.5 Å². The Balaban J connectivity index is 2.04. The molecule has 154 valence electrons. The molecule has 0 fully saturated rings. The predicted molar refractivity (Wildman–Crippen MR) is 123 cm³/mol. The van der Waals surface area contributed by atoms with Crippen LogP contribution in [0.15, 0.2) is 30.5 Å². The van der Waals surface area contributed by atoms with E-state index in [9.17, 15) is 0 Å². The highest BCUT2D eigenvalue weighted by Gasteiger charge is 2.35. The second-order valence-corrected chi connectivity index (χ2v) is 9.82. The van der Waals surface area contributed by atoms with Gasteiger partial charge < -0.3 is 9.58 Å². The van der Waals surface area contributed by atoms with Crippen molar-refractivity contribution < 1.29 is 9.30 Å². The van der Waals surface area contributed by atoms with Crippen molar-refractivity contribution in [1.29, 1.82) is 0 Å². The molecule has 30 heavy (non-hydrogen) atoms. The zero-order valence-corrected chi connectivity index (χ0v) is 19.2. The summed E-state index contributed by atoms with van der Waals surface area (Å²) in [4.78, 5) is 3.84. The molecule has 0 radical (unpaired) electrons. The first-order chi connectivity index (χ1) is 14.1. The zero-order chi connectivity index (χ0) is 21.8. The normalized spacial score (nSPS) is 12.6. The molecule has 3 aromatic rings. The average Bonchev–Trinajstić information content (AvgIpc) is 2.66. The molecule has 0 saturated heterocycles. The van der Waals surface area contributed by atoms with Crippen molar-refractivity contribution >= 4 is 10.8 Å². The van der Waals surface area contributed by atoms with Crippen molar-refractivity contribution in [2.24, 2.45) is 13.0 Å². The second-order valence-electron chi connectivity index (χ2n) is 9.82. The van der Waals surface area contributed by atoms with Crippen molar-refractivity contribution in [1.82, 2.24) is 0 Å². The first-order valence-corrected chi connectivity index (χ1v) is 10.8. The van der Waals surface area contributed by atoms with Crippen molar-refractivity contribution in [3.05, 3.63) is 64.1 Å². The molecular weight excluding hydrogens is 368 g/mol. The van der Waals surface area contributed by atoms with Crippen molar-refractivity contribution in [2.45, 2.75) is 59.9 Å². The standard InChI is InChI=1S/C27H31N2O/c1-16(2)11-19-13-21-12-17(3)18(4)23-24(21)22(14-19)30-26-20(15-27(5,6)28-7)9-10-29(8)25(23)26/h9-10,12-14,16H,11,15H2,1-6,8H3/q+1. The molecule has 4 rings (SSSR count). The molecule has 2 aromatic carbocycles. The number of fused-ring (bicyclic) bond motifs is 2. The van der Waals surface area contributed by atoms with E-state index < -0.39 is 5.54 Å². The molecule has 2 heterocycles. The van der Waals surface area contributed by atoms with E-state index in [-0.39, 0.29) is 0 Å². The average molecular weight is 400 g/mol. The molecule has 3 nitrogen and oxygen atoms in total. The fraction of sp³-hybridized carbons (Fsp3) is 0.407. The van der Waals surface area contributed by atoms with E-state index in [0.717, 1.165) is 29.2 Å². The van der Waals surface area contributed by atoms with E-state index >= 15 is 0 Å². The van der Waals surface area contributed by atoms with E-state index in [0.29, 0.717) is 12.3 Å². The fourth-order valence-electron chi connectivity index (χ4n) is 4.59. The number of rotatable bonds is 4. The van der Waals surface area contributed by atoms with Crippen LogP contribution >= 0.6 is 0 Å². The summed E-state index contributed by atoms with van der Waals surface area (Å²) in [5, 5.41) is 2.45. The van der Waals surface area contributed by atoms with Crippen LogP contribution in [-0.2, 0) is 19.9 Å². The Kier molecular flexibility index (Phi) is 4.85. The molecule has 1 aliphatic heterocycles. The van der Waals surface area contributed by atoms with Crippen LogP contribution in [0.1, 0.15) is 49.9 Å². The monoisotopic (exact) mass is 399 g/mol. The topological polar surface area (TPSA) is 17.5 Å². The van der Waals surface area contributed by atoms with Gasteiger partial charge in [-0.3, -0.25) is 0 Å². The lowest BCUT2D eigenvalue weighted by Gasteiger charge is -2.25. The number of benzene rings is 2. The Labute approximate surface area is 180 Å². The fourth-order valence-corrected chi connectivity index (χ4v) is 4.59. The minimum absolute atomic E-state index is 0.464. The van der Waals surface area contributed by atoms with Gasteiger partial charge >= 0.3 is 0 Å². The molecule has 0 N–H and O–H groups in total. The van der Waals surface area contributed by atoms with E-state index in [1.165, 1.54) is 33.0 Å². The number of aromatic nitrogens is 1. The maximum absolute atomic E-state index is 7.58. The number of nitrogens with zero attached hydrogens (tertiary/aromatic N) is 2. The molecule has 1 aliphatic rings. The van der Waals surface area contributed by atoms with Crippen LogP contribution in [0.2, 0.25) is 0 Å². The Bertz CT molecular complexity index is 1210. The van der Waals surface area contributed by atoms with Crippen LogP contribution in [0, 0.1) is 26.3 Å². The Morgan fingerprint density at radius 1 is 1.17 bits per heavy atom. The number of hydrogen-bond donors (Lipinski definition) is 0. The summed E-state index contributed by atoms with van der Waals surface area (Å²) in [6.45, 7) is 20.5. The van der Waals surface area contributed by atoms with Gasteiger partial charge in [-0.1, -0.05) is 26.0 Å². The summed E-state index contributed by atoms with van der Waals surface area (Å²) < 4.78 is 8.81. The van der Waals surface area contributed by atoms with Gasteiger partial charge in [-0.25, -0.2) is 6.57 Å². The van der Waals surface area contributed by atoms with Crippen LogP contribution in [0.25, 0.3) is 26.9 Å². The third-order valence-electron chi connectivity index (χ3n) is 6.16. The highest BCUT2D eigenvalue weighted by Crippen LogP contribution is 2.49. The first-order valence-electron chi connectivity index (χ1n) is 10.8. The zero-order valence-electron chi connectivity index (χ0n) is 19.2. The SMILES string of the molecule is [C-]#[N+]C(C)(C)Cc1cc[n+](C)c2c1Oc1cc(CC(C)C)cc3cc(C)c(C)c-2c13. The lowest BCUT2D eigenvalue weighted by molar-refractivity contribution is -0.660. The molecule has 0 bridgehead atoms. The third kappa shape index (κ3) is 3.35. The van der Waals surface area contributed by atoms with Crippen LogP contribution in [0.3, 0.4) is 0 Å². The second kappa shape index (κ2) is 7.13. The maximum Gasteiger partial charge on any atom is 0.256 e. The van der Waals surface area contributed by atoms with Gasteiger partial charge in [-0.15, -0.1) is 0 Å². The Morgan fingerprint density at radius 3 is 2.57 bits per heavy atom. The number of pyridine rings is 1. The lowest BCUT2D eigenvalue weighted by atomic mass is 9.87. The van der Waals surface area contributed by atoms with E-state index in [1.54, 1.807) is 0 Å². The molecule has 0 unspecified atom stereocenters. The first kappa shape index (κ1) is 20.4. The minimum Gasteiger partial charge on any atom is -0.449 e. The van der Waals surface area contributed by atoms with E-state index in [2.05, 4.69) is 74.6 Å². The van der Waals surface area contributed by atoms with Crippen LogP contribution < -0.4 is 9.30 Å². The van der Waals surface area contributed by atoms with Gasteiger partial charge in [0.15, 0.2) is 6.20 Å². The molecule has 0 atom stereocenters. The third-order valence-corrected chi connectivity index (χ3v) is 6.16. The van der Waals surface area contributed by atoms with Crippen molar-refractivity contribution in [3.63, 3.8) is 0 Å². The summed E-state index contributed by atoms with van der Waals surface area (Å²) in [6, 6.07) is 8.95. The van der Waals surface area contributed by atoms with Gasteiger partial charge in [0.25, 0.3) is 5.69 Å². The Hall–Kier alpha value is -2.86. The van der Waals surface area contributed by atoms with Gasteiger partial charge in [-0.05, 0) is 54.3 Å². The Morgan fingerprint density at radius 2 is 1.90 bits per heavy atom. The highest BCUT2D eigenvalue weighted by atomic mass is 16.5. The minimum atomic E-state index is -0.464.